The van der Waals surface area contributed by atoms with Crippen LogP contribution in [-0.4, -0.2) is 48.0 Å². The van der Waals surface area contributed by atoms with E-state index in [2.05, 4.69) is 20.1 Å². The molecule has 11 heteroatoms. The van der Waals surface area contributed by atoms with Crippen LogP contribution >= 0.6 is 11.8 Å². The van der Waals surface area contributed by atoms with Crippen LogP contribution in [0.4, 0.5) is 11.5 Å². The highest BCUT2D eigenvalue weighted by Crippen LogP contribution is 2.35. The summed E-state index contributed by atoms with van der Waals surface area (Å²) in [7, 11) is 0. The van der Waals surface area contributed by atoms with Gasteiger partial charge in [0.1, 0.15) is 18.4 Å². The molecule has 4 heterocycles. The first kappa shape index (κ1) is 21.8. The summed E-state index contributed by atoms with van der Waals surface area (Å²) in [5.41, 5.74) is 0.818. The summed E-state index contributed by atoms with van der Waals surface area (Å²) in [6.07, 6.45) is 6.63. The Morgan fingerprint density at radius 3 is 2.56 bits per heavy atom. The van der Waals surface area contributed by atoms with E-state index in [1.807, 2.05) is 35.2 Å². The normalized spacial score (nSPS) is 14.2. The third-order valence-electron chi connectivity index (χ3n) is 5.43. The molecule has 4 aromatic rings. The molecule has 0 saturated carbocycles. The molecule has 1 saturated heterocycles. The summed E-state index contributed by atoms with van der Waals surface area (Å²) in [4.78, 5) is 26.1. The van der Waals surface area contributed by atoms with Crippen molar-refractivity contribution in [3.05, 3.63) is 83.6 Å². The van der Waals surface area contributed by atoms with Gasteiger partial charge < -0.3 is 9.64 Å². The summed E-state index contributed by atoms with van der Waals surface area (Å²) in [5, 5.41) is 17.2. The van der Waals surface area contributed by atoms with Crippen LogP contribution in [0.2, 0.25) is 0 Å². The third-order valence-corrected chi connectivity index (χ3v) is 6.72. The highest BCUT2D eigenvalue weighted by atomic mass is 32.2. The predicted octanol–water partition coefficient (Wildman–Crippen LogP) is 4.52. The van der Waals surface area contributed by atoms with Crippen molar-refractivity contribution in [1.82, 2.24) is 24.7 Å². The summed E-state index contributed by atoms with van der Waals surface area (Å²) >= 11 is 1.75. The molecular formula is C23H21N7O3S. The molecule has 0 radical (unpaired) electrons. The first-order valence-electron chi connectivity index (χ1n) is 10.8. The predicted molar refractivity (Wildman–Crippen MR) is 128 cm³/mol. The van der Waals surface area contributed by atoms with Gasteiger partial charge in [-0.15, -0.1) is 11.8 Å². The van der Waals surface area contributed by atoms with Crippen LogP contribution in [0, 0.1) is 10.1 Å². The Morgan fingerprint density at radius 1 is 1.06 bits per heavy atom. The number of anilines is 1. The highest BCUT2D eigenvalue weighted by Gasteiger charge is 2.27. The van der Waals surface area contributed by atoms with Crippen molar-refractivity contribution in [3.8, 4) is 17.3 Å². The lowest BCUT2D eigenvalue weighted by Crippen LogP contribution is -2.35. The maximum atomic E-state index is 11.7. The molecule has 1 aliphatic rings. The van der Waals surface area contributed by atoms with Crippen LogP contribution < -0.4 is 9.64 Å². The molecule has 0 spiro atoms. The second kappa shape index (κ2) is 9.87. The van der Waals surface area contributed by atoms with Crippen molar-refractivity contribution in [2.45, 2.75) is 23.1 Å². The minimum absolute atomic E-state index is 0.0234. The molecular weight excluding hydrogens is 454 g/mol. The number of ether oxygens (including phenoxy) is 1. The number of rotatable bonds is 7. The lowest BCUT2D eigenvalue weighted by Gasteiger charge is -2.32. The molecule has 0 N–H and O–H groups in total. The van der Waals surface area contributed by atoms with Crippen molar-refractivity contribution >= 4 is 23.3 Å². The fourth-order valence-electron chi connectivity index (χ4n) is 3.76. The Morgan fingerprint density at radius 2 is 1.88 bits per heavy atom. The van der Waals surface area contributed by atoms with Crippen molar-refractivity contribution in [1.29, 1.82) is 0 Å². The lowest BCUT2D eigenvalue weighted by molar-refractivity contribution is -0.384. The molecule has 1 aromatic carbocycles. The monoisotopic (exact) mass is 475 g/mol. The fraction of sp³-hybridized carbons (Fsp3) is 0.217. The third kappa shape index (κ3) is 4.99. The zero-order valence-electron chi connectivity index (χ0n) is 18.1. The molecule has 0 amide bonds. The number of hydrogen-bond acceptors (Lipinski definition) is 9. The van der Waals surface area contributed by atoms with Crippen molar-refractivity contribution in [3.63, 3.8) is 0 Å². The molecule has 0 aliphatic carbocycles. The van der Waals surface area contributed by atoms with E-state index >= 15 is 0 Å². The van der Waals surface area contributed by atoms with Gasteiger partial charge in [-0.25, -0.2) is 14.6 Å². The van der Waals surface area contributed by atoms with Crippen LogP contribution in [-0.2, 0) is 0 Å². The largest absolute Gasteiger partial charge is 0.439 e. The minimum atomic E-state index is -0.395. The van der Waals surface area contributed by atoms with Crippen molar-refractivity contribution < 1.29 is 9.66 Å². The Kier molecular flexibility index (Phi) is 6.34. The van der Waals surface area contributed by atoms with Gasteiger partial charge in [-0.05, 0) is 49.2 Å². The first-order chi connectivity index (χ1) is 16.7. The maximum Gasteiger partial charge on any atom is 0.311 e. The van der Waals surface area contributed by atoms with E-state index in [-0.39, 0.29) is 5.69 Å². The zero-order valence-corrected chi connectivity index (χ0v) is 18.9. The molecule has 0 unspecified atom stereocenters. The molecule has 0 atom stereocenters. The summed E-state index contributed by atoms with van der Waals surface area (Å²) < 4.78 is 7.54. The van der Waals surface area contributed by atoms with Crippen LogP contribution in [0.15, 0.2) is 78.5 Å². The topological polar surface area (TPSA) is 112 Å². The van der Waals surface area contributed by atoms with Crippen molar-refractivity contribution in [2.75, 3.05) is 18.0 Å². The second-order valence-electron chi connectivity index (χ2n) is 7.66. The van der Waals surface area contributed by atoms with Gasteiger partial charge in [0.15, 0.2) is 0 Å². The lowest BCUT2D eigenvalue weighted by atomic mass is 10.1. The zero-order chi connectivity index (χ0) is 23.3. The number of piperidine rings is 1. The molecule has 0 bridgehead atoms. The van der Waals surface area contributed by atoms with Gasteiger partial charge in [-0.1, -0.05) is 6.07 Å². The number of nitro groups is 1. The van der Waals surface area contributed by atoms with Crippen LogP contribution in [0.1, 0.15) is 12.8 Å². The average Bonchev–Trinajstić information content (AvgIpc) is 3.41. The van der Waals surface area contributed by atoms with Gasteiger partial charge in [-0.3, -0.25) is 10.1 Å². The van der Waals surface area contributed by atoms with Crippen molar-refractivity contribution in [2.24, 2.45) is 0 Å². The summed E-state index contributed by atoms with van der Waals surface area (Å²) in [5.74, 6) is 1.21. The van der Waals surface area contributed by atoms with E-state index in [1.54, 1.807) is 41.1 Å². The van der Waals surface area contributed by atoms with E-state index < -0.39 is 4.92 Å². The number of pyridine rings is 2. The summed E-state index contributed by atoms with van der Waals surface area (Å²) in [6, 6.07) is 16.1. The van der Waals surface area contributed by atoms with Crippen LogP contribution in [0.3, 0.4) is 0 Å². The average molecular weight is 476 g/mol. The van der Waals surface area contributed by atoms with E-state index in [9.17, 15) is 10.1 Å². The maximum absolute atomic E-state index is 11.7. The Hall–Kier alpha value is -3.99. The van der Waals surface area contributed by atoms with Gasteiger partial charge >= 0.3 is 5.69 Å². The fourth-order valence-corrected chi connectivity index (χ4v) is 4.82. The van der Waals surface area contributed by atoms with Gasteiger partial charge in [0.2, 0.25) is 11.7 Å². The van der Waals surface area contributed by atoms with Gasteiger partial charge in [-0.2, -0.15) is 10.1 Å². The molecule has 34 heavy (non-hydrogen) atoms. The summed E-state index contributed by atoms with van der Waals surface area (Å²) in [6.45, 7) is 1.35. The quantitative estimate of drug-likeness (QED) is 0.281. The van der Waals surface area contributed by atoms with Gasteiger partial charge in [0.25, 0.3) is 0 Å². The standard InChI is InChI=1S/C23H21N7O3S/c31-30(32)20-8-9-21(33-18-6-4-17(5-7-18)29-16-24-15-26-29)27-23(20)28-13-10-19(11-14-28)34-22-3-1-2-12-25-22/h1-9,12,15-16,19H,10-11,13-14H2. The van der Waals surface area contributed by atoms with E-state index in [1.165, 1.54) is 18.5 Å². The van der Waals surface area contributed by atoms with Gasteiger partial charge in [0.05, 0.1) is 15.6 Å². The smallest absolute Gasteiger partial charge is 0.311 e. The Bertz CT molecular complexity index is 1250. The number of benzene rings is 1. The van der Waals surface area contributed by atoms with Crippen LogP contribution in [0.25, 0.3) is 5.69 Å². The molecule has 172 valence electrons. The number of hydrogen-bond donors (Lipinski definition) is 0. The number of nitrogens with zero attached hydrogens (tertiary/aromatic N) is 7. The van der Waals surface area contributed by atoms with E-state index in [4.69, 9.17) is 4.74 Å². The van der Waals surface area contributed by atoms with Crippen LogP contribution in [0.5, 0.6) is 11.6 Å². The molecule has 1 aliphatic heterocycles. The highest BCUT2D eigenvalue weighted by molar-refractivity contribution is 7.99. The molecule has 10 nitrogen and oxygen atoms in total. The molecule has 1 fully saturated rings. The van der Waals surface area contributed by atoms with Gasteiger partial charge in [0, 0.05) is 36.7 Å². The number of aromatic nitrogens is 5. The number of thioether (sulfide) groups is 1. The molecule has 5 rings (SSSR count). The SMILES string of the molecule is O=[N+]([O-])c1ccc(Oc2ccc(-n3cncn3)cc2)nc1N1CCC(Sc2ccccn2)CC1. The van der Waals surface area contributed by atoms with E-state index in [0.29, 0.717) is 35.8 Å². The minimum Gasteiger partial charge on any atom is -0.439 e. The molecule has 3 aromatic heterocycles. The first-order valence-corrected chi connectivity index (χ1v) is 11.6. The Labute approximate surface area is 199 Å². The second-order valence-corrected chi connectivity index (χ2v) is 8.98. The Balaban J connectivity index is 1.29. The van der Waals surface area contributed by atoms with E-state index in [0.717, 1.165) is 23.6 Å².